The summed E-state index contributed by atoms with van der Waals surface area (Å²) in [7, 11) is 0. The first-order chi connectivity index (χ1) is 25.9. The van der Waals surface area contributed by atoms with Crippen LogP contribution in [0.1, 0.15) is 61.8 Å². The Morgan fingerprint density at radius 2 is 0.982 bits per heavy atom. The molecule has 12 nitrogen and oxygen atoms in total. The van der Waals surface area contributed by atoms with Crippen molar-refractivity contribution in [1.82, 2.24) is 0 Å². The molecule has 0 saturated heterocycles. The summed E-state index contributed by atoms with van der Waals surface area (Å²) in [4.78, 5) is 65.6. The van der Waals surface area contributed by atoms with Gasteiger partial charge in [0.05, 0.1) is 24.6 Å². The molecule has 0 aromatic heterocycles. The predicted molar refractivity (Wildman–Crippen MR) is 207 cm³/mol. The maximum absolute atomic E-state index is 11.5. The average Bonchev–Trinajstić information content (AvgIpc) is 3.17. The van der Waals surface area contributed by atoms with Gasteiger partial charge in [0.25, 0.3) is 11.8 Å². The molecule has 0 heterocycles. The maximum atomic E-state index is 11.5. The van der Waals surface area contributed by atoms with Gasteiger partial charge in [0.2, 0.25) is 12.6 Å². The second kappa shape index (κ2) is 23.3. The van der Waals surface area contributed by atoms with E-state index in [0.29, 0.717) is 22.9 Å². The van der Waals surface area contributed by atoms with Crippen molar-refractivity contribution in [2.75, 3.05) is 23.8 Å². The van der Waals surface area contributed by atoms with Gasteiger partial charge in [-0.3, -0.25) is 19.2 Å². The van der Waals surface area contributed by atoms with Gasteiger partial charge < -0.3 is 39.9 Å². The second-order valence-electron chi connectivity index (χ2n) is 12.3. The van der Waals surface area contributed by atoms with Gasteiger partial charge in [-0.1, -0.05) is 62.4 Å². The van der Waals surface area contributed by atoms with E-state index in [9.17, 15) is 39.0 Å². The average molecular weight is 761 g/mol. The zero-order valence-electron chi connectivity index (χ0n) is 31.5. The molecule has 2 N–H and O–H groups in total. The maximum Gasteiger partial charge on any atom is 2.00 e. The van der Waals surface area contributed by atoms with Crippen molar-refractivity contribution in [3.63, 3.8) is 0 Å². The van der Waals surface area contributed by atoms with Crippen LogP contribution in [0.15, 0.2) is 72.8 Å². The number of amides is 2. The van der Waals surface area contributed by atoms with E-state index in [4.69, 9.17) is 9.47 Å². The summed E-state index contributed by atoms with van der Waals surface area (Å²) in [5, 5.41) is 26.1. The van der Waals surface area contributed by atoms with E-state index in [2.05, 4.69) is 36.6 Å². The monoisotopic (exact) mass is 760 g/mol. The number of carbonyl (C=O) groups excluding carboxylic acids is 6. The van der Waals surface area contributed by atoms with Crippen LogP contribution in [0.5, 0.6) is 11.5 Å². The van der Waals surface area contributed by atoms with Crippen molar-refractivity contribution in [3.8, 4) is 33.8 Å². The topological polar surface area (TPSA) is 191 Å². The number of carboxylic acid groups (broad SMARTS) is 2. The minimum atomic E-state index is -1.14. The van der Waals surface area contributed by atoms with Crippen LogP contribution in [0.4, 0.5) is 11.4 Å². The zero-order valence-corrected chi connectivity index (χ0v) is 32.9. The first kappa shape index (κ1) is 45.6. The minimum Gasteiger partial charge on any atom is -0.550 e. The Morgan fingerprint density at radius 1 is 0.600 bits per heavy atom. The van der Waals surface area contributed by atoms with E-state index < -0.39 is 23.8 Å². The van der Waals surface area contributed by atoms with Gasteiger partial charge in [0.15, 0.2) is 0 Å². The molecule has 55 heavy (non-hydrogen) atoms. The Kier molecular flexibility index (Phi) is 19.3. The Morgan fingerprint density at radius 3 is 1.31 bits per heavy atom. The van der Waals surface area contributed by atoms with Crippen LogP contribution in [0, 0.1) is 13.8 Å². The van der Waals surface area contributed by atoms with E-state index in [1.165, 1.54) is 11.1 Å². The summed E-state index contributed by atoms with van der Waals surface area (Å²) in [6.07, 6.45) is 2.52. The number of aldehydes is 2. The van der Waals surface area contributed by atoms with Gasteiger partial charge in [-0.05, 0) is 121 Å². The van der Waals surface area contributed by atoms with Crippen molar-refractivity contribution >= 4 is 70.8 Å². The molecular formula is C42H44MgN2O10. The van der Waals surface area contributed by atoms with E-state index in [1.54, 1.807) is 12.1 Å². The predicted octanol–water partition coefficient (Wildman–Crippen LogP) is 4.16. The standard InChI is InChI=1S/2C21H23NO5.Mg/c2*1-3-15-6-4-7-16(11-15)17-10-14(2)21(22-19(24)13-23)18(12-17)27-9-5-8-20(25)26;/h2*4,6-7,10-13H,3,5,8-9H2,1-2H3,(H,22,24)(H,25,26);/q;;+2/p-2. The smallest absolute Gasteiger partial charge is 0.550 e. The van der Waals surface area contributed by atoms with Crippen molar-refractivity contribution in [1.29, 1.82) is 0 Å². The quantitative estimate of drug-likeness (QED) is 0.0645. The third-order valence-electron chi connectivity index (χ3n) is 8.21. The van der Waals surface area contributed by atoms with Crippen LogP contribution in [0.3, 0.4) is 0 Å². The number of carbonyl (C=O) groups is 6. The van der Waals surface area contributed by atoms with Crippen LogP contribution in [0.2, 0.25) is 0 Å². The van der Waals surface area contributed by atoms with Gasteiger partial charge in [0, 0.05) is 11.9 Å². The van der Waals surface area contributed by atoms with Gasteiger partial charge in [-0.2, -0.15) is 0 Å². The van der Waals surface area contributed by atoms with Crippen molar-refractivity contribution in [3.05, 3.63) is 95.1 Å². The van der Waals surface area contributed by atoms with Gasteiger partial charge in [0.1, 0.15) is 11.5 Å². The SMILES string of the molecule is CCc1cccc(-c2cc(C)c(NC(=O)C=O)c(OCCCC(=O)[O-])c2)c1.CCc1cccc(-c2cc(C)c(NC(=O)C=O)c(OCCCC(=O)[O-])c2)c1.[Mg+2]. The molecule has 2 amide bonds. The number of rotatable bonds is 18. The summed E-state index contributed by atoms with van der Waals surface area (Å²) < 4.78 is 11.4. The fourth-order valence-electron chi connectivity index (χ4n) is 5.44. The molecular weight excluding hydrogens is 717 g/mol. The first-order valence-corrected chi connectivity index (χ1v) is 17.5. The molecule has 0 spiro atoms. The fraction of sp³-hybridized carbons (Fsp3) is 0.286. The number of hydrogen-bond acceptors (Lipinski definition) is 10. The first-order valence-electron chi connectivity index (χ1n) is 17.5. The molecule has 4 aromatic rings. The normalized spacial score (nSPS) is 10.1. The molecule has 13 heteroatoms. The molecule has 0 unspecified atom stereocenters. The summed E-state index contributed by atoms with van der Waals surface area (Å²) in [6.45, 7) is 8.07. The van der Waals surface area contributed by atoms with Gasteiger partial charge in [-0.25, -0.2) is 0 Å². The minimum absolute atomic E-state index is 0. The molecule has 0 saturated carbocycles. The molecule has 4 aromatic carbocycles. The van der Waals surface area contributed by atoms with Gasteiger partial charge >= 0.3 is 23.1 Å². The van der Waals surface area contributed by atoms with Crippen LogP contribution >= 0.6 is 0 Å². The van der Waals surface area contributed by atoms with E-state index in [1.807, 2.05) is 62.4 Å². The van der Waals surface area contributed by atoms with E-state index in [0.717, 1.165) is 46.2 Å². The molecule has 0 bridgehead atoms. The Balaban J connectivity index is 0.000000373. The number of nitrogens with one attached hydrogen (secondary N) is 2. The third-order valence-corrected chi connectivity index (χ3v) is 8.21. The number of aliphatic carboxylic acids is 2. The molecule has 0 aliphatic rings. The molecule has 0 atom stereocenters. The summed E-state index contributed by atoms with van der Waals surface area (Å²) in [5.41, 5.74) is 8.48. The fourth-order valence-corrected chi connectivity index (χ4v) is 5.44. The molecule has 0 aliphatic carbocycles. The second-order valence-corrected chi connectivity index (χ2v) is 12.3. The number of hydrogen-bond donors (Lipinski definition) is 2. The largest absolute Gasteiger partial charge is 2.00 e. The van der Waals surface area contributed by atoms with Crippen LogP contribution < -0.4 is 30.3 Å². The van der Waals surface area contributed by atoms with Crippen LogP contribution in [0.25, 0.3) is 22.3 Å². The molecule has 4 rings (SSSR count). The summed E-state index contributed by atoms with van der Waals surface area (Å²) >= 11 is 0. The Bertz CT molecular complexity index is 1840. The van der Waals surface area contributed by atoms with E-state index in [-0.39, 0.29) is 74.5 Å². The Labute approximate surface area is 336 Å². The number of ether oxygens (including phenoxy) is 2. The number of carboxylic acids is 2. The number of anilines is 2. The van der Waals surface area contributed by atoms with Crippen LogP contribution in [-0.2, 0) is 41.6 Å². The Hall–Kier alpha value is -5.53. The summed E-state index contributed by atoms with van der Waals surface area (Å²) in [5.74, 6) is -3.07. The van der Waals surface area contributed by atoms with Crippen molar-refractivity contribution in [2.45, 2.75) is 66.2 Å². The van der Waals surface area contributed by atoms with Gasteiger partial charge in [-0.15, -0.1) is 0 Å². The van der Waals surface area contributed by atoms with Crippen molar-refractivity contribution < 1.29 is 48.5 Å². The zero-order chi connectivity index (χ0) is 39.6. The number of benzene rings is 4. The van der Waals surface area contributed by atoms with Crippen LogP contribution in [-0.4, -0.2) is 72.6 Å². The van der Waals surface area contributed by atoms with E-state index >= 15 is 0 Å². The molecule has 0 radical (unpaired) electrons. The molecule has 0 fully saturated rings. The summed E-state index contributed by atoms with van der Waals surface area (Å²) in [6, 6.07) is 23.6. The molecule has 0 aliphatic heterocycles. The third kappa shape index (κ3) is 14.7. The molecule has 284 valence electrons. The number of aryl methyl sites for hydroxylation is 4. The van der Waals surface area contributed by atoms with Crippen molar-refractivity contribution in [2.24, 2.45) is 0 Å².